The molecular formula is C14H23NO2S2. The van der Waals surface area contributed by atoms with Gasteiger partial charge in [0.05, 0.1) is 6.61 Å². The normalized spacial score (nSPS) is 10.6. The highest BCUT2D eigenvalue weighted by Gasteiger charge is 2.11. The molecule has 5 heteroatoms. The number of esters is 1. The van der Waals surface area contributed by atoms with Crippen molar-refractivity contribution in [3.05, 3.63) is 11.1 Å². The van der Waals surface area contributed by atoms with Gasteiger partial charge in [0, 0.05) is 11.1 Å². The van der Waals surface area contributed by atoms with Gasteiger partial charge < -0.3 is 4.74 Å². The maximum Gasteiger partial charge on any atom is 0.357 e. The van der Waals surface area contributed by atoms with Crippen molar-refractivity contribution >= 4 is 29.1 Å². The highest BCUT2D eigenvalue weighted by atomic mass is 32.2. The van der Waals surface area contributed by atoms with Crippen LogP contribution in [-0.4, -0.2) is 23.3 Å². The number of thiazole rings is 1. The molecule has 1 aromatic rings. The Morgan fingerprint density at radius 3 is 2.74 bits per heavy atom. The smallest absolute Gasteiger partial charge is 0.357 e. The number of hydrogen-bond donors (Lipinski definition) is 0. The number of carbonyl (C=O) groups excluding carboxylic acids is 1. The lowest BCUT2D eigenvalue weighted by Gasteiger charge is -1.99. The summed E-state index contributed by atoms with van der Waals surface area (Å²) in [6, 6.07) is 0. The Kier molecular flexibility index (Phi) is 8.91. The van der Waals surface area contributed by atoms with Gasteiger partial charge in [0.25, 0.3) is 0 Å². The van der Waals surface area contributed by atoms with Crippen LogP contribution >= 0.6 is 23.1 Å². The molecule has 108 valence electrons. The number of ether oxygens (including phenoxy) is 1. The number of unbranched alkanes of at least 4 members (excludes halogenated alkanes) is 5. The summed E-state index contributed by atoms with van der Waals surface area (Å²) in [4.78, 5) is 15.7. The van der Waals surface area contributed by atoms with Crippen LogP contribution in [0.3, 0.4) is 0 Å². The van der Waals surface area contributed by atoms with E-state index in [1.807, 2.05) is 0 Å². The first kappa shape index (κ1) is 16.5. The first-order valence-electron chi connectivity index (χ1n) is 7.03. The first-order chi connectivity index (χ1) is 9.27. The van der Waals surface area contributed by atoms with Crippen molar-refractivity contribution in [1.29, 1.82) is 0 Å². The van der Waals surface area contributed by atoms with E-state index in [9.17, 15) is 4.79 Å². The number of nitrogens with zero attached hydrogens (tertiary/aromatic N) is 1. The molecule has 1 heterocycles. The number of aromatic nitrogens is 1. The Morgan fingerprint density at radius 1 is 1.26 bits per heavy atom. The predicted molar refractivity (Wildman–Crippen MR) is 82.2 cm³/mol. The van der Waals surface area contributed by atoms with E-state index in [0.29, 0.717) is 12.3 Å². The van der Waals surface area contributed by atoms with Gasteiger partial charge in [0.15, 0.2) is 10.0 Å². The van der Waals surface area contributed by atoms with Crippen LogP contribution in [0.5, 0.6) is 0 Å². The Labute approximate surface area is 124 Å². The molecule has 0 unspecified atom stereocenters. The maximum absolute atomic E-state index is 11.4. The van der Waals surface area contributed by atoms with Gasteiger partial charge in [-0.15, -0.1) is 11.3 Å². The minimum Gasteiger partial charge on any atom is -0.461 e. The summed E-state index contributed by atoms with van der Waals surface area (Å²) < 4.78 is 5.89. The Hall–Kier alpha value is -0.550. The van der Waals surface area contributed by atoms with Crippen LogP contribution in [0.15, 0.2) is 9.72 Å². The molecule has 0 atom stereocenters. The van der Waals surface area contributed by atoms with Crippen molar-refractivity contribution in [2.45, 2.75) is 56.7 Å². The van der Waals surface area contributed by atoms with Gasteiger partial charge in [-0.1, -0.05) is 50.8 Å². The van der Waals surface area contributed by atoms with Crippen LogP contribution in [0.2, 0.25) is 0 Å². The summed E-state index contributed by atoms with van der Waals surface area (Å²) in [7, 11) is 0. The summed E-state index contributed by atoms with van der Waals surface area (Å²) in [6.07, 6.45) is 7.85. The minimum atomic E-state index is -0.315. The molecule has 1 rings (SSSR count). The summed E-state index contributed by atoms with van der Waals surface area (Å²) in [5.74, 6) is 0.771. The fraction of sp³-hybridized carbons (Fsp3) is 0.714. The van der Waals surface area contributed by atoms with Crippen molar-refractivity contribution in [1.82, 2.24) is 4.98 Å². The van der Waals surface area contributed by atoms with Crippen LogP contribution in [0.25, 0.3) is 0 Å². The van der Waals surface area contributed by atoms with E-state index in [2.05, 4.69) is 11.9 Å². The quantitative estimate of drug-likeness (QED) is 0.354. The number of rotatable bonds is 10. The van der Waals surface area contributed by atoms with Gasteiger partial charge in [-0.3, -0.25) is 0 Å². The van der Waals surface area contributed by atoms with Crippen molar-refractivity contribution in [2.24, 2.45) is 0 Å². The zero-order chi connectivity index (χ0) is 13.9. The molecule has 19 heavy (non-hydrogen) atoms. The number of thioether (sulfide) groups is 1. The Bertz CT molecular complexity index is 366. The first-order valence-corrected chi connectivity index (χ1v) is 8.89. The van der Waals surface area contributed by atoms with Crippen molar-refractivity contribution in [3.63, 3.8) is 0 Å². The Morgan fingerprint density at radius 2 is 2.00 bits per heavy atom. The van der Waals surface area contributed by atoms with Crippen molar-refractivity contribution < 1.29 is 9.53 Å². The predicted octanol–water partition coefficient (Wildman–Crippen LogP) is 4.77. The van der Waals surface area contributed by atoms with E-state index in [1.54, 1.807) is 24.1 Å². The lowest BCUT2D eigenvalue weighted by Crippen LogP contribution is -2.04. The third kappa shape index (κ3) is 6.97. The summed E-state index contributed by atoms with van der Waals surface area (Å²) >= 11 is 3.27. The fourth-order valence-electron chi connectivity index (χ4n) is 1.66. The zero-order valence-corrected chi connectivity index (χ0v) is 13.4. The topological polar surface area (TPSA) is 39.2 Å². The van der Waals surface area contributed by atoms with Gasteiger partial charge in [-0.2, -0.15) is 0 Å². The van der Waals surface area contributed by atoms with Gasteiger partial charge in [-0.05, 0) is 13.3 Å². The van der Waals surface area contributed by atoms with E-state index < -0.39 is 0 Å². The largest absolute Gasteiger partial charge is 0.461 e. The van der Waals surface area contributed by atoms with E-state index >= 15 is 0 Å². The molecule has 1 aromatic heterocycles. The highest BCUT2D eigenvalue weighted by Crippen LogP contribution is 2.24. The number of carbonyl (C=O) groups is 1. The molecule has 0 aliphatic rings. The second kappa shape index (κ2) is 10.3. The minimum absolute atomic E-state index is 0.315. The van der Waals surface area contributed by atoms with Crippen LogP contribution in [0, 0.1) is 0 Å². The van der Waals surface area contributed by atoms with E-state index in [1.165, 1.54) is 49.9 Å². The SMILES string of the molecule is CCCCCCCCSc1nc(C(=O)OCC)cs1. The Balaban J connectivity index is 2.14. The molecule has 0 radical (unpaired) electrons. The third-order valence-corrected chi connectivity index (χ3v) is 4.80. The molecule has 0 N–H and O–H groups in total. The van der Waals surface area contributed by atoms with Crippen molar-refractivity contribution in [3.8, 4) is 0 Å². The second-order valence-corrected chi connectivity index (χ2v) is 6.54. The van der Waals surface area contributed by atoms with Crippen LogP contribution in [0.4, 0.5) is 0 Å². The standard InChI is InChI=1S/C14H23NO2S2/c1-3-5-6-7-8-9-10-18-14-15-12(11-19-14)13(16)17-4-2/h11H,3-10H2,1-2H3. The van der Waals surface area contributed by atoms with Gasteiger partial charge in [0.1, 0.15) is 0 Å². The highest BCUT2D eigenvalue weighted by molar-refractivity contribution is 8.01. The van der Waals surface area contributed by atoms with Crippen LogP contribution in [0.1, 0.15) is 62.9 Å². The molecule has 0 saturated heterocycles. The van der Waals surface area contributed by atoms with Crippen LogP contribution in [-0.2, 0) is 4.74 Å². The van der Waals surface area contributed by atoms with E-state index in [-0.39, 0.29) is 5.97 Å². The molecule has 0 aromatic carbocycles. The molecule has 0 fully saturated rings. The lowest BCUT2D eigenvalue weighted by molar-refractivity contribution is 0.0520. The lowest BCUT2D eigenvalue weighted by atomic mass is 10.1. The molecule has 0 bridgehead atoms. The van der Waals surface area contributed by atoms with Crippen LogP contribution < -0.4 is 0 Å². The van der Waals surface area contributed by atoms with Gasteiger partial charge in [0.2, 0.25) is 0 Å². The molecule has 0 aliphatic carbocycles. The molecule has 0 spiro atoms. The van der Waals surface area contributed by atoms with E-state index in [0.717, 1.165) is 10.1 Å². The molecular weight excluding hydrogens is 278 g/mol. The van der Waals surface area contributed by atoms with E-state index in [4.69, 9.17) is 4.74 Å². The average Bonchev–Trinajstić information content (AvgIpc) is 2.87. The number of hydrogen-bond acceptors (Lipinski definition) is 5. The van der Waals surface area contributed by atoms with Gasteiger partial charge >= 0.3 is 5.97 Å². The third-order valence-electron chi connectivity index (χ3n) is 2.69. The van der Waals surface area contributed by atoms with Gasteiger partial charge in [-0.25, -0.2) is 9.78 Å². The molecule has 0 saturated carbocycles. The molecule has 0 amide bonds. The monoisotopic (exact) mass is 301 g/mol. The average molecular weight is 301 g/mol. The fourth-order valence-corrected chi connectivity index (χ4v) is 3.53. The summed E-state index contributed by atoms with van der Waals surface area (Å²) in [5, 5.41) is 1.78. The zero-order valence-electron chi connectivity index (χ0n) is 11.8. The summed E-state index contributed by atoms with van der Waals surface area (Å²) in [6.45, 7) is 4.44. The van der Waals surface area contributed by atoms with Crippen molar-refractivity contribution in [2.75, 3.05) is 12.4 Å². The maximum atomic E-state index is 11.4. The molecule has 3 nitrogen and oxygen atoms in total. The second-order valence-electron chi connectivity index (χ2n) is 4.34. The molecule has 0 aliphatic heterocycles. The summed E-state index contributed by atoms with van der Waals surface area (Å²) in [5.41, 5.74) is 0.442.